The van der Waals surface area contributed by atoms with Gasteiger partial charge in [0.25, 0.3) is 0 Å². The topological polar surface area (TPSA) is 57.9 Å². The zero-order chi connectivity index (χ0) is 12.0. The Morgan fingerprint density at radius 3 is 2.71 bits per heavy atom. The van der Waals surface area contributed by atoms with Crippen LogP contribution >= 0.6 is 0 Å². The van der Waals surface area contributed by atoms with Gasteiger partial charge in [0.1, 0.15) is 5.75 Å². The van der Waals surface area contributed by atoms with E-state index in [1.54, 1.807) is 13.2 Å². The molecule has 0 aliphatic rings. The van der Waals surface area contributed by atoms with Crippen LogP contribution in [0.4, 0.5) is 0 Å². The molecule has 0 unspecified atom stereocenters. The second-order valence-corrected chi connectivity index (χ2v) is 4.08. The van der Waals surface area contributed by atoms with Crippen molar-refractivity contribution in [1.82, 2.24) is 9.97 Å². The van der Waals surface area contributed by atoms with Gasteiger partial charge in [-0.2, -0.15) is 0 Å². The minimum atomic E-state index is -0.0845. The maximum atomic E-state index is 11.5. The Labute approximate surface area is 97.2 Å². The maximum Gasteiger partial charge on any atom is 0.248 e. The monoisotopic (exact) mass is 228 g/mol. The van der Waals surface area contributed by atoms with Gasteiger partial charge in [0.15, 0.2) is 0 Å². The van der Waals surface area contributed by atoms with Gasteiger partial charge in [-0.25, -0.2) is 0 Å². The Morgan fingerprint density at radius 2 is 1.94 bits per heavy atom. The molecular weight excluding hydrogens is 216 g/mol. The molecule has 0 spiro atoms. The summed E-state index contributed by atoms with van der Waals surface area (Å²) >= 11 is 0. The first-order valence-electron chi connectivity index (χ1n) is 5.38. The lowest BCUT2D eigenvalue weighted by Crippen LogP contribution is -2.04. The zero-order valence-electron chi connectivity index (χ0n) is 9.63. The predicted molar refractivity (Wildman–Crippen MR) is 67.7 cm³/mol. The summed E-state index contributed by atoms with van der Waals surface area (Å²) in [6, 6.07) is 7.40. The first-order chi connectivity index (χ1) is 8.19. The van der Waals surface area contributed by atoms with Crippen molar-refractivity contribution in [2.45, 2.75) is 6.92 Å². The number of methoxy groups -OCH3 is 1. The standard InChI is InChI=1S/C13H12N2O2/c1-7-13-10(6-12(16)14-7)9-5-8(17-2)3-4-11(9)15-13/h3-6,15H,1-2H3,(H,14,16). The molecule has 1 aromatic carbocycles. The smallest absolute Gasteiger partial charge is 0.248 e. The number of aromatic nitrogens is 2. The summed E-state index contributed by atoms with van der Waals surface area (Å²) in [5.74, 6) is 0.788. The average Bonchev–Trinajstić information content (AvgIpc) is 2.67. The van der Waals surface area contributed by atoms with E-state index in [2.05, 4.69) is 9.97 Å². The Hall–Kier alpha value is -2.23. The van der Waals surface area contributed by atoms with Gasteiger partial charge in [0.2, 0.25) is 5.56 Å². The number of H-pyrrole nitrogens is 2. The molecule has 0 bridgehead atoms. The number of pyridine rings is 1. The number of aromatic amines is 2. The van der Waals surface area contributed by atoms with E-state index >= 15 is 0 Å². The van der Waals surface area contributed by atoms with E-state index in [1.165, 1.54) is 0 Å². The van der Waals surface area contributed by atoms with Crippen LogP contribution in [-0.2, 0) is 0 Å². The summed E-state index contributed by atoms with van der Waals surface area (Å²) in [6.07, 6.45) is 0. The van der Waals surface area contributed by atoms with Crippen LogP contribution < -0.4 is 10.3 Å². The Balaban J connectivity index is 2.52. The highest BCUT2D eigenvalue weighted by Crippen LogP contribution is 2.28. The molecule has 17 heavy (non-hydrogen) atoms. The highest BCUT2D eigenvalue weighted by atomic mass is 16.5. The van der Waals surface area contributed by atoms with Crippen molar-refractivity contribution in [1.29, 1.82) is 0 Å². The molecule has 4 nitrogen and oxygen atoms in total. The van der Waals surface area contributed by atoms with Gasteiger partial charge in [-0.3, -0.25) is 4.79 Å². The van der Waals surface area contributed by atoms with Crippen LogP contribution in [0.5, 0.6) is 5.75 Å². The Morgan fingerprint density at radius 1 is 1.12 bits per heavy atom. The van der Waals surface area contributed by atoms with Crippen molar-refractivity contribution in [3.63, 3.8) is 0 Å². The molecule has 0 atom stereocenters. The molecule has 4 heteroatoms. The second-order valence-electron chi connectivity index (χ2n) is 4.08. The van der Waals surface area contributed by atoms with E-state index < -0.39 is 0 Å². The number of hydrogen-bond donors (Lipinski definition) is 2. The van der Waals surface area contributed by atoms with Gasteiger partial charge in [0.05, 0.1) is 12.6 Å². The fourth-order valence-corrected chi connectivity index (χ4v) is 2.18. The predicted octanol–water partition coefficient (Wildman–Crippen LogP) is 2.33. The third-order valence-electron chi connectivity index (χ3n) is 3.01. The molecule has 2 N–H and O–H groups in total. The number of benzene rings is 1. The van der Waals surface area contributed by atoms with Gasteiger partial charge in [-0.15, -0.1) is 0 Å². The Kier molecular flexibility index (Phi) is 1.98. The van der Waals surface area contributed by atoms with Crippen molar-refractivity contribution in [2.75, 3.05) is 7.11 Å². The molecule has 0 amide bonds. The van der Waals surface area contributed by atoms with Crippen LogP contribution in [0, 0.1) is 6.92 Å². The summed E-state index contributed by atoms with van der Waals surface area (Å²) < 4.78 is 5.20. The van der Waals surface area contributed by atoms with Gasteiger partial charge in [-0.05, 0) is 25.1 Å². The van der Waals surface area contributed by atoms with Crippen LogP contribution in [0.15, 0.2) is 29.1 Å². The number of ether oxygens (including phenoxy) is 1. The first-order valence-corrected chi connectivity index (χ1v) is 5.38. The van der Waals surface area contributed by atoms with E-state index in [0.717, 1.165) is 33.2 Å². The molecule has 0 aliphatic carbocycles. The molecule has 0 saturated heterocycles. The van der Waals surface area contributed by atoms with Crippen LogP contribution in [-0.4, -0.2) is 17.1 Å². The van der Waals surface area contributed by atoms with Gasteiger partial charge in [0, 0.05) is 28.0 Å². The molecule has 0 saturated carbocycles. The van der Waals surface area contributed by atoms with Gasteiger partial charge in [-0.1, -0.05) is 0 Å². The van der Waals surface area contributed by atoms with Crippen LogP contribution in [0.25, 0.3) is 21.8 Å². The van der Waals surface area contributed by atoms with Crippen LogP contribution in [0.2, 0.25) is 0 Å². The molecule has 86 valence electrons. The largest absolute Gasteiger partial charge is 0.497 e. The quantitative estimate of drug-likeness (QED) is 0.671. The third kappa shape index (κ3) is 1.41. The maximum absolute atomic E-state index is 11.5. The van der Waals surface area contributed by atoms with E-state index in [4.69, 9.17) is 4.74 Å². The van der Waals surface area contributed by atoms with Crippen LogP contribution in [0.3, 0.4) is 0 Å². The molecule has 3 rings (SSSR count). The number of nitrogens with one attached hydrogen (secondary N) is 2. The van der Waals surface area contributed by atoms with Gasteiger partial charge >= 0.3 is 0 Å². The van der Waals surface area contributed by atoms with E-state index in [0.29, 0.717) is 0 Å². The van der Waals surface area contributed by atoms with Gasteiger partial charge < -0.3 is 14.7 Å². The highest BCUT2D eigenvalue weighted by molar-refractivity contribution is 6.08. The highest BCUT2D eigenvalue weighted by Gasteiger charge is 2.08. The second kappa shape index (κ2) is 3.38. The van der Waals surface area contributed by atoms with Crippen molar-refractivity contribution in [2.24, 2.45) is 0 Å². The zero-order valence-corrected chi connectivity index (χ0v) is 9.63. The van der Waals surface area contributed by atoms with Crippen molar-refractivity contribution >= 4 is 21.8 Å². The lowest BCUT2D eigenvalue weighted by atomic mass is 10.1. The normalized spacial score (nSPS) is 11.2. The fourth-order valence-electron chi connectivity index (χ4n) is 2.18. The summed E-state index contributed by atoms with van der Waals surface area (Å²) in [4.78, 5) is 17.6. The van der Waals surface area contributed by atoms with E-state index in [-0.39, 0.29) is 5.56 Å². The number of aryl methyl sites for hydroxylation is 1. The number of fused-ring (bicyclic) bond motifs is 3. The number of hydrogen-bond acceptors (Lipinski definition) is 2. The van der Waals surface area contributed by atoms with Crippen molar-refractivity contribution in [3.8, 4) is 5.75 Å². The van der Waals surface area contributed by atoms with Crippen molar-refractivity contribution < 1.29 is 4.74 Å². The first kappa shape index (κ1) is 9.96. The van der Waals surface area contributed by atoms with E-state index in [9.17, 15) is 4.79 Å². The third-order valence-corrected chi connectivity index (χ3v) is 3.01. The molecule has 0 aliphatic heterocycles. The molecule has 2 aromatic heterocycles. The lowest BCUT2D eigenvalue weighted by molar-refractivity contribution is 0.415. The van der Waals surface area contributed by atoms with E-state index in [1.807, 2.05) is 25.1 Å². The molecular formula is C13H12N2O2. The fraction of sp³-hybridized carbons (Fsp3) is 0.154. The summed E-state index contributed by atoms with van der Waals surface area (Å²) in [5.41, 5.74) is 2.73. The Bertz CT molecular complexity index is 768. The molecule has 3 aromatic rings. The minimum absolute atomic E-state index is 0.0845. The van der Waals surface area contributed by atoms with Crippen molar-refractivity contribution in [3.05, 3.63) is 40.3 Å². The average molecular weight is 228 g/mol. The minimum Gasteiger partial charge on any atom is -0.497 e. The molecule has 0 radical (unpaired) electrons. The summed E-state index contributed by atoms with van der Waals surface area (Å²) in [5, 5.41) is 1.94. The van der Waals surface area contributed by atoms with Crippen LogP contribution in [0.1, 0.15) is 5.69 Å². The lowest BCUT2D eigenvalue weighted by Gasteiger charge is -1.98. The molecule has 2 heterocycles. The molecule has 0 fully saturated rings. The summed E-state index contributed by atoms with van der Waals surface area (Å²) in [7, 11) is 1.63. The SMILES string of the molecule is COc1ccc2[nH]c3c(C)[nH]c(=O)cc3c2c1. The number of rotatable bonds is 1. The summed E-state index contributed by atoms with van der Waals surface area (Å²) in [6.45, 7) is 1.89.